The number of nitrogens with zero attached hydrogens (tertiary/aromatic N) is 2. The first-order valence-electron chi connectivity index (χ1n) is 8.70. The van der Waals surface area contributed by atoms with Gasteiger partial charge in [0.1, 0.15) is 6.54 Å². The summed E-state index contributed by atoms with van der Waals surface area (Å²) < 4.78 is 0. The van der Waals surface area contributed by atoms with E-state index in [9.17, 15) is 14.4 Å². The zero-order valence-corrected chi connectivity index (χ0v) is 14.4. The van der Waals surface area contributed by atoms with Gasteiger partial charge in [0.25, 0.3) is 0 Å². The zero-order chi connectivity index (χ0) is 18.3. The summed E-state index contributed by atoms with van der Waals surface area (Å²) in [6.07, 6.45) is 6.71. The monoisotopic (exact) mass is 349 g/mol. The molecule has 6 heteroatoms. The number of amides is 3. The van der Waals surface area contributed by atoms with Crippen molar-refractivity contribution in [2.45, 2.75) is 19.8 Å². The van der Waals surface area contributed by atoms with Crippen molar-refractivity contribution in [3.8, 4) is 0 Å². The van der Waals surface area contributed by atoms with Gasteiger partial charge in [0, 0.05) is 11.6 Å². The van der Waals surface area contributed by atoms with Crippen molar-refractivity contribution in [1.29, 1.82) is 0 Å². The van der Waals surface area contributed by atoms with E-state index < -0.39 is 0 Å². The summed E-state index contributed by atoms with van der Waals surface area (Å²) in [5.74, 6) is -1.49. The van der Waals surface area contributed by atoms with Gasteiger partial charge >= 0.3 is 0 Å². The Morgan fingerprint density at radius 3 is 2.54 bits per heavy atom. The number of carbonyl (C=O) groups is 3. The van der Waals surface area contributed by atoms with Crippen LogP contribution in [0.3, 0.4) is 0 Å². The van der Waals surface area contributed by atoms with Crippen molar-refractivity contribution in [3.05, 3.63) is 48.2 Å². The van der Waals surface area contributed by atoms with Gasteiger partial charge in [-0.05, 0) is 43.5 Å². The number of anilines is 1. The van der Waals surface area contributed by atoms with Crippen LogP contribution in [0.25, 0.3) is 10.9 Å². The van der Waals surface area contributed by atoms with Crippen LogP contribution in [0.15, 0.2) is 42.6 Å². The highest BCUT2D eigenvalue weighted by molar-refractivity contribution is 6.10. The largest absolute Gasteiger partial charge is 0.324 e. The molecular weight excluding hydrogens is 330 g/mol. The summed E-state index contributed by atoms with van der Waals surface area (Å²) in [4.78, 5) is 42.9. The van der Waals surface area contributed by atoms with Crippen LogP contribution in [0.1, 0.15) is 18.4 Å². The second-order valence-electron chi connectivity index (χ2n) is 6.80. The maximum Gasteiger partial charge on any atom is 0.244 e. The van der Waals surface area contributed by atoms with Gasteiger partial charge in [-0.15, -0.1) is 0 Å². The third kappa shape index (κ3) is 2.67. The summed E-state index contributed by atoms with van der Waals surface area (Å²) in [5.41, 5.74) is 2.46. The Labute approximate surface area is 150 Å². The number of imide groups is 1. The van der Waals surface area contributed by atoms with Gasteiger partial charge in [-0.3, -0.25) is 24.3 Å². The van der Waals surface area contributed by atoms with Crippen LogP contribution in [0, 0.1) is 18.8 Å². The number of hydrogen-bond acceptors (Lipinski definition) is 4. The molecule has 1 aliphatic heterocycles. The number of allylic oxidation sites excluding steroid dienone is 2. The molecule has 2 heterocycles. The normalized spacial score (nSPS) is 22.0. The number of nitrogens with one attached hydrogen (secondary N) is 1. The highest BCUT2D eigenvalue weighted by Crippen LogP contribution is 2.35. The third-order valence-corrected chi connectivity index (χ3v) is 5.15. The smallest absolute Gasteiger partial charge is 0.244 e. The minimum absolute atomic E-state index is 0.241. The van der Waals surface area contributed by atoms with Crippen molar-refractivity contribution >= 4 is 34.3 Å². The van der Waals surface area contributed by atoms with E-state index in [0.29, 0.717) is 18.5 Å². The van der Waals surface area contributed by atoms with Gasteiger partial charge < -0.3 is 5.32 Å². The molecule has 0 spiro atoms. The van der Waals surface area contributed by atoms with Crippen LogP contribution in [0.2, 0.25) is 0 Å². The van der Waals surface area contributed by atoms with Crippen LogP contribution >= 0.6 is 0 Å². The Hall–Kier alpha value is -3.02. The molecule has 4 rings (SSSR count). The van der Waals surface area contributed by atoms with Crippen molar-refractivity contribution in [3.63, 3.8) is 0 Å². The molecule has 1 aromatic heterocycles. The SMILES string of the molecule is Cc1ccc(NC(=O)CN2C(=O)C3CC=CCC3C2=O)c2cccnc12. The predicted octanol–water partition coefficient (Wildman–Crippen LogP) is 2.43. The fourth-order valence-electron chi connectivity index (χ4n) is 3.78. The van der Waals surface area contributed by atoms with Gasteiger partial charge in [-0.2, -0.15) is 0 Å². The minimum atomic E-state index is -0.382. The van der Waals surface area contributed by atoms with E-state index in [1.807, 2.05) is 43.3 Å². The summed E-state index contributed by atoms with van der Waals surface area (Å²) in [6, 6.07) is 7.39. The number of pyridine rings is 1. The van der Waals surface area contributed by atoms with E-state index >= 15 is 0 Å². The second kappa shape index (κ2) is 6.37. The van der Waals surface area contributed by atoms with Crippen molar-refractivity contribution in [2.75, 3.05) is 11.9 Å². The van der Waals surface area contributed by atoms with E-state index in [2.05, 4.69) is 10.3 Å². The molecule has 2 atom stereocenters. The fraction of sp³-hybridized carbons (Fsp3) is 0.300. The number of carbonyl (C=O) groups excluding carboxylic acids is 3. The molecule has 132 valence electrons. The second-order valence-corrected chi connectivity index (χ2v) is 6.80. The standard InChI is InChI=1S/C20H19N3O3/c1-12-8-9-16(15-7-4-10-21-18(12)15)22-17(24)11-23-19(25)13-5-2-3-6-14(13)20(23)26/h2-4,7-10,13-14H,5-6,11H2,1H3,(H,22,24). The van der Waals surface area contributed by atoms with Gasteiger partial charge in [0.05, 0.1) is 23.0 Å². The molecule has 2 unspecified atom stereocenters. The van der Waals surface area contributed by atoms with Crippen LogP contribution in [0.5, 0.6) is 0 Å². The fourth-order valence-corrected chi connectivity index (χ4v) is 3.78. The lowest BCUT2D eigenvalue weighted by molar-refractivity contribution is -0.142. The molecule has 2 aromatic rings. The number of aromatic nitrogens is 1. The van der Waals surface area contributed by atoms with Crippen molar-refractivity contribution in [1.82, 2.24) is 9.88 Å². The van der Waals surface area contributed by atoms with Gasteiger partial charge in [0.15, 0.2) is 0 Å². The van der Waals surface area contributed by atoms with E-state index in [4.69, 9.17) is 0 Å². The highest BCUT2D eigenvalue weighted by Gasteiger charge is 2.47. The molecule has 6 nitrogen and oxygen atoms in total. The quantitative estimate of drug-likeness (QED) is 0.682. The van der Waals surface area contributed by atoms with Crippen LogP contribution < -0.4 is 5.32 Å². The molecule has 1 aliphatic carbocycles. The lowest BCUT2D eigenvalue weighted by Gasteiger charge is -2.15. The summed E-state index contributed by atoms with van der Waals surface area (Å²) in [5, 5.41) is 3.65. The first-order valence-corrected chi connectivity index (χ1v) is 8.70. The van der Waals surface area contributed by atoms with E-state index in [1.165, 1.54) is 0 Å². The Morgan fingerprint density at radius 2 is 1.85 bits per heavy atom. The van der Waals surface area contributed by atoms with Crippen molar-refractivity contribution < 1.29 is 14.4 Å². The number of benzene rings is 1. The number of hydrogen-bond donors (Lipinski definition) is 1. The molecule has 1 saturated heterocycles. The van der Waals surface area contributed by atoms with Crippen LogP contribution in [-0.2, 0) is 14.4 Å². The lowest BCUT2D eigenvalue weighted by atomic mass is 9.85. The molecule has 1 aromatic carbocycles. The Kier molecular flexibility index (Phi) is 4.03. The highest BCUT2D eigenvalue weighted by atomic mass is 16.2. The predicted molar refractivity (Wildman–Crippen MR) is 97.2 cm³/mol. The molecule has 0 radical (unpaired) electrons. The van der Waals surface area contributed by atoms with Gasteiger partial charge in [-0.25, -0.2) is 0 Å². The topological polar surface area (TPSA) is 79.4 Å². The first-order chi connectivity index (χ1) is 12.6. The molecule has 3 amide bonds. The maximum absolute atomic E-state index is 12.5. The molecule has 0 saturated carbocycles. The lowest BCUT2D eigenvalue weighted by Crippen LogP contribution is -2.38. The number of rotatable bonds is 3. The summed E-state index contributed by atoms with van der Waals surface area (Å²) >= 11 is 0. The molecular formula is C20H19N3O3. The molecule has 26 heavy (non-hydrogen) atoms. The molecule has 2 aliphatic rings. The van der Waals surface area contributed by atoms with E-state index in [1.54, 1.807) is 6.20 Å². The first kappa shape index (κ1) is 16.4. The maximum atomic E-state index is 12.5. The Bertz CT molecular complexity index is 924. The van der Waals surface area contributed by atoms with Crippen LogP contribution in [0.4, 0.5) is 5.69 Å². The number of likely N-dealkylation sites (tertiary alicyclic amines) is 1. The zero-order valence-electron chi connectivity index (χ0n) is 14.4. The summed E-state index contributed by atoms with van der Waals surface area (Å²) in [7, 11) is 0. The van der Waals surface area contributed by atoms with Gasteiger partial charge in [-0.1, -0.05) is 18.2 Å². The average molecular weight is 349 g/mol. The van der Waals surface area contributed by atoms with E-state index in [-0.39, 0.29) is 36.1 Å². The van der Waals surface area contributed by atoms with Crippen molar-refractivity contribution in [2.24, 2.45) is 11.8 Å². The Morgan fingerprint density at radius 1 is 1.15 bits per heavy atom. The van der Waals surface area contributed by atoms with E-state index in [0.717, 1.165) is 21.4 Å². The van der Waals surface area contributed by atoms with Gasteiger partial charge in [0.2, 0.25) is 17.7 Å². The average Bonchev–Trinajstić information content (AvgIpc) is 2.90. The minimum Gasteiger partial charge on any atom is -0.324 e. The number of aryl methyl sites for hydroxylation is 1. The Balaban J connectivity index is 1.53. The third-order valence-electron chi connectivity index (χ3n) is 5.15. The summed E-state index contributed by atoms with van der Waals surface area (Å²) in [6.45, 7) is 1.71. The molecule has 1 N–H and O–H groups in total. The van der Waals surface area contributed by atoms with Crippen LogP contribution in [-0.4, -0.2) is 34.2 Å². The number of fused-ring (bicyclic) bond motifs is 2. The molecule has 1 fully saturated rings. The molecule has 0 bridgehead atoms.